The van der Waals surface area contributed by atoms with E-state index in [1.807, 2.05) is 37.3 Å². The summed E-state index contributed by atoms with van der Waals surface area (Å²) in [7, 11) is 0. The number of rotatable bonds is 6. The molecule has 6 nitrogen and oxygen atoms in total. The molecule has 0 radical (unpaired) electrons. The molecule has 1 aromatic carbocycles. The van der Waals surface area contributed by atoms with Crippen LogP contribution in [0.4, 0.5) is 0 Å². The van der Waals surface area contributed by atoms with E-state index in [4.69, 9.17) is 4.74 Å². The van der Waals surface area contributed by atoms with E-state index in [0.29, 0.717) is 5.69 Å². The average molecular weight is 338 g/mol. The van der Waals surface area contributed by atoms with Crippen molar-refractivity contribution in [1.82, 2.24) is 4.98 Å². The van der Waals surface area contributed by atoms with Crippen molar-refractivity contribution in [3.05, 3.63) is 47.2 Å². The largest absolute Gasteiger partial charge is 0.504 e. The van der Waals surface area contributed by atoms with Crippen molar-refractivity contribution < 1.29 is 19.4 Å². The van der Waals surface area contributed by atoms with Gasteiger partial charge in [0.2, 0.25) is 0 Å². The summed E-state index contributed by atoms with van der Waals surface area (Å²) in [5, 5.41) is 19.3. The number of Topliss-reactive ketones (excluding diaryl/α,β-unsaturated/α-hetero) is 1. The van der Waals surface area contributed by atoms with Gasteiger partial charge in [0.25, 0.3) is 0 Å². The molecule has 0 amide bonds. The molecule has 6 heteroatoms. The fraction of sp³-hybridized carbons (Fsp3) is 0.263. The number of ketones is 1. The van der Waals surface area contributed by atoms with Gasteiger partial charge in [0.05, 0.1) is 24.3 Å². The van der Waals surface area contributed by atoms with Crippen molar-refractivity contribution in [3.63, 3.8) is 0 Å². The molecule has 2 aromatic rings. The number of hydrogen-bond acceptors (Lipinski definition) is 6. The van der Waals surface area contributed by atoms with Crippen LogP contribution in [0.5, 0.6) is 5.75 Å². The Kier molecular flexibility index (Phi) is 5.85. The van der Waals surface area contributed by atoms with Gasteiger partial charge >= 0.3 is 5.97 Å². The number of esters is 1. The molecule has 0 atom stereocenters. The number of aromatic hydroxyl groups is 1. The molecule has 1 N–H and O–H groups in total. The van der Waals surface area contributed by atoms with Crippen molar-refractivity contribution in [2.24, 2.45) is 0 Å². The van der Waals surface area contributed by atoms with Crippen LogP contribution in [0.25, 0.3) is 11.3 Å². The van der Waals surface area contributed by atoms with Crippen LogP contribution in [0.1, 0.15) is 41.4 Å². The summed E-state index contributed by atoms with van der Waals surface area (Å²) in [4.78, 5) is 27.9. The Labute approximate surface area is 145 Å². The van der Waals surface area contributed by atoms with Crippen molar-refractivity contribution in [1.29, 1.82) is 5.26 Å². The molecule has 0 aliphatic heterocycles. The van der Waals surface area contributed by atoms with Gasteiger partial charge in [-0.3, -0.25) is 9.59 Å². The molecule has 0 saturated carbocycles. The van der Waals surface area contributed by atoms with E-state index < -0.39 is 17.5 Å². The van der Waals surface area contributed by atoms with E-state index in [1.165, 1.54) is 6.07 Å². The molecule has 0 aliphatic rings. The maximum Gasteiger partial charge on any atom is 0.306 e. The van der Waals surface area contributed by atoms with Gasteiger partial charge in [-0.1, -0.05) is 29.8 Å². The van der Waals surface area contributed by atoms with E-state index in [1.54, 1.807) is 6.92 Å². The fourth-order valence-corrected chi connectivity index (χ4v) is 2.26. The number of nitriles is 1. The molecule has 0 unspecified atom stereocenters. The lowest BCUT2D eigenvalue weighted by Crippen LogP contribution is -2.10. The summed E-state index contributed by atoms with van der Waals surface area (Å²) in [5.74, 6) is -1.48. The van der Waals surface area contributed by atoms with Gasteiger partial charge in [-0.25, -0.2) is 4.98 Å². The molecule has 25 heavy (non-hydrogen) atoms. The lowest BCUT2D eigenvalue weighted by Gasteiger charge is -2.09. The van der Waals surface area contributed by atoms with Gasteiger partial charge in [0.15, 0.2) is 11.5 Å². The fourth-order valence-electron chi connectivity index (χ4n) is 2.26. The van der Waals surface area contributed by atoms with Crippen LogP contribution in [0.2, 0.25) is 0 Å². The summed E-state index contributed by atoms with van der Waals surface area (Å²) in [5.41, 5.74) is 1.95. The van der Waals surface area contributed by atoms with Crippen LogP contribution >= 0.6 is 0 Å². The number of hydrogen-bond donors (Lipinski definition) is 1. The molecule has 128 valence electrons. The Balaban J connectivity index is 2.35. The summed E-state index contributed by atoms with van der Waals surface area (Å²) in [6, 6.07) is 10.7. The summed E-state index contributed by atoms with van der Waals surface area (Å²) >= 11 is 0. The number of aromatic nitrogens is 1. The summed E-state index contributed by atoms with van der Waals surface area (Å²) < 4.78 is 4.78. The lowest BCUT2D eigenvalue weighted by molar-refractivity contribution is -0.143. The van der Waals surface area contributed by atoms with Crippen LogP contribution in [-0.2, 0) is 9.53 Å². The maximum atomic E-state index is 12.3. The Bertz CT molecular complexity index is 836. The first-order valence-electron chi connectivity index (χ1n) is 7.86. The second kappa shape index (κ2) is 8.06. The maximum absolute atomic E-state index is 12.3. The van der Waals surface area contributed by atoms with E-state index in [-0.39, 0.29) is 30.7 Å². The number of ether oxygens (including phenoxy) is 1. The minimum absolute atomic E-state index is 0.0370. The van der Waals surface area contributed by atoms with Crippen LogP contribution in [0.15, 0.2) is 30.3 Å². The Morgan fingerprint density at radius 2 is 1.92 bits per heavy atom. The lowest BCUT2D eigenvalue weighted by atomic mass is 10.0. The highest BCUT2D eigenvalue weighted by Crippen LogP contribution is 2.28. The van der Waals surface area contributed by atoms with E-state index in [2.05, 4.69) is 4.98 Å². The number of aryl methyl sites for hydroxylation is 1. The second-order valence-corrected chi connectivity index (χ2v) is 5.46. The normalized spacial score (nSPS) is 10.1. The standard InChI is InChI=1S/C19H18N2O4/c1-3-25-17(23)9-8-16(22)18-19(24)14(11-20)10-15(21-18)13-6-4-12(2)5-7-13/h4-7,10,24H,3,8-9H2,1-2H3. The molecule has 0 aliphatic carbocycles. The first kappa shape index (κ1) is 18.1. The highest BCUT2D eigenvalue weighted by Gasteiger charge is 2.20. The highest BCUT2D eigenvalue weighted by molar-refractivity contribution is 5.99. The minimum atomic E-state index is -0.518. The number of benzene rings is 1. The molecular weight excluding hydrogens is 320 g/mol. The van der Waals surface area contributed by atoms with Gasteiger partial charge in [0.1, 0.15) is 11.8 Å². The first-order chi connectivity index (χ1) is 12.0. The Hall–Kier alpha value is -3.20. The van der Waals surface area contributed by atoms with E-state index >= 15 is 0 Å². The molecule has 2 rings (SSSR count). The second-order valence-electron chi connectivity index (χ2n) is 5.46. The highest BCUT2D eigenvalue weighted by atomic mass is 16.5. The van der Waals surface area contributed by atoms with Crippen LogP contribution in [-0.4, -0.2) is 28.4 Å². The summed E-state index contributed by atoms with van der Waals surface area (Å²) in [6.07, 6.45) is -0.258. The molecule has 0 saturated heterocycles. The van der Waals surface area contributed by atoms with Gasteiger partial charge in [-0.15, -0.1) is 0 Å². The third kappa shape index (κ3) is 4.42. The van der Waals surface area contributed by atoms with Gasteiger partial charge in [-0.2, -0.15) is 5.26 Å². The Morgan fingerprint density at radius 3 is 2.52 bits per heavy atom. The number of nitrogens with zero attached hydrogens (tertiary/aromatic N) is 2. The zero-order chi connectivity index (χ0) is 18.4. The molecule has 0 fully saturated rings. The van der Waals surface area contributed by atoms with Crippen molar-refractivity contribution >= 4 is 11.8 Å². The van der Waals surface area contributed by atoms with Gasteiger partial charge < -0.3 is 9.84 Å². The minimum Gasteiger partial charge on any atom is -0.504 e. The molecule has 1 heterocycles. The van der Waals surface area contributed by atoms with Gasteiger partial charge in [0, 0.05) is 12.0 Å². The third-order valence-electron chi connectivity index (χ3n) is 3.59. The average Bonchev–Trinajstić information content (AvgIpc) is 2.61. The number of pyridine rings is 1. The molecular formula is C19H18N2O4. The van der Waals surface area contributed by atoms with E-state index in [9.17, 15) is 20.0 Å². The first-order valence-corrected chi connectivity index (χ1v) is 7.86. The number of carbonyl (C=O) groups is 2. The molecule has 0 bridgehead atoms. The topological polar surface area (TPSA) is 100 Å². The van der Waals surface area contributed by atoms with Crippen molar-refractivity contribution in [3.8, 4) is 23.1 Å². The Morgan fingerprint density at radius 1 is 1.24 bits per heavy atom. The van der Waals surface area contributed by atoms with Crippen LogP contribution in [0, 0.1) is 18.3 Å². The van der Waals surface area contributed by atoms with Crippen molar-refractivity contribution in [2.45, 2.75) is 26.7 Å². The van der Waals surface area contributed by atoms with Crippen LogP contribution in [0.3, 0.4) is 0 Å². The third-order valence-corrected chi connectivity index (χ3v) is 3.59. The number of carbonyl (C=O) groups excluding carboxylic acids is 2. The van der Waals surface area contributed by atoms with Crippen LogP contribution < -0.4 is 0 Å². The zero-order valence-corrected chi connectivity index (χ0v) is 14.1. The van der Waals surface area contributed by atoms with Crippen molar-refractivity contribution in [2.75, 3.05) is 6.61 Å². The zero-order valence-electron chi connectivity index (χ0n) is 14.1. The summed E-state index contributed by atoms with van der Waals surface area (Å²) in [6.45, 7) is 3.86. The smallest absolute Gasteiger partial charge is 0.306 e. The SMILES string of the molecule is CCOC(=O)CCC(=O)c1nc(-c2ccc(C)cc2)cc(C#N)c1O. The quantitative estimate of drug-likeness (QED) is 0.641. The monoisotopic (exact) mass is 338 g/mol. The predicted molar refractivity (Wildman–Crippen MR) is 91.0 cm³/mol. The molecule has 1 aromatic heterocycles. The van der Waals surface area contributed by atoms with E-state index in [0.717, 1.165) is 11.1 Å². The predicted octanol–water partition coefficient (Wildman–Crippen LogP) is 3.16. The molecule has 0 spiro atoms. The van der Waals surface area contributed by atoms with Gasteiger partial charge in [-0.05, 0) is 19.9 Å².